The molecule has 0 bridgehead atoms. The van der Waals surface area contributed by atoms with Crippen molar-refractivity contribution in [2.75, 3.05) is 13.1 Å². The highest BCUT2D eigenvalue weighted by molar-refractivity contribution is 7.13. The topological polar surface area (TPSA) is 71.1 Å². The summed E-state index contributed by atoms with van der Waals surface area (Å²) in [5, 5.41) is 6.66. The van der Waals surface area contributed by atoms with Crippen LogP contribution in [0, 0.1) is 6.92 Å². The highest BCUT2D eigenvalue weighted by Crippen LogP contribution is 2.14. The molecule has 2 rings (SSSR count). The van der Waals surface area contributed by atoms with Crippen LogP contribution in [-0.4, -0.2) is 29.9 Å². The molecule has 0 spiro atoms. The van der Waals surface area contributed by atoms with Crippen LogP contribution in [0.3, 0.4) is 0 Å². The standard InChI is InChI=1S/C14H14ClN3O2S/c1-9-18-8-12(21-9)14(20)17-7-6-16-13(19)10-4-2-3-5-11(10)15/h2-5,8H,6-7H2,1H3,(H,16,19)(H,17,20). The fourth-order valence-electron chi connectivity index (χ4n) is 1.65. The first-order valence-corrected chi connectivity index (χ1v) is 7.50. The predicted octanol–water partition coefficient (Wildman–Crippen LogP) is 2.26. The molecule has 1 aromatic heterocycles. The second kappa shape index (κ2) is 7.19. The first kappa shape index (κ1) is 15.5. The Morgan fingerprint density at radius 1 is 1.19 bits per heavy atom. The molecule has 0 radical (unpaired) electrons. The first-order valence-electron chi connectivity index (χ1n) is 6.31. The van der Waals surface area contributed by atoms with Crippen molar-refractivity contribution in [3.8, 4) is 0 Å². The summed E-state index contributed by atoms with van der Waals surface area (Å²) in [5.74, 6) is -0.448. The molecule has 2 aromatic rings. The Morgan fingerprint density at radius 3 is 2.48 bits per heavy atom. The molecule has 2 N–H and O–H groups in total. The molecule has 0 saturated carbocycles. The van der Waals surface area contributed by atoms with Crippen molar-refractivity contribution in [3.05, 3.63) is 50.9 Å². The lowest BCUT2D eigenvalue weighted by atomic mass is 10.2. The number of carbonyl (C=O) groups is 2. The Morgan fingerprint density at radius 2 is 1.86 bits per heavy atom. The zero-order valence-corrected chi connectivity index (χ0v) is 12.9. The van der Waals surface area contributed by atoms with Crippen LogP contribution in [0.2, 0.25) is 5.02 Å². The van der Waals surface area contributed by atoms with Crippen molar-refractivity contribution < 1.29 is 9.59 Å². The van der Waals surface area contributed by atoms with Gasteiger partial charge < -0.3 is 10.6 Å². The van der Waals surface area contributed by atoms with E-state index in [9.17, 15) is 9.59 Å². The van der Waals surface area contributed by atoms with Gasteiger partial charge in [-0.3, -0.25) is 9.59 Å². The number of nitrogens with one attached hydrogen (secondary N) is 2. The predicted molar refractivity (Wildman–Crippen MR) is 83.0 cm³/mol. The molecule has 0 fully saturated rings. The van der Waals surface area contributed by atoms with Crippen molar-refractivity contribution in [2.24, 2.45) is 0 Å². The Bertz CT molecular complexity index is 657. The van der Waals surface area contributed by atoms with Gasteiger partial charge in [-0.15, -0.1) is 11.3 Å². The van der Waals surface area contributed by atoms with Gasteiger partial charge in [0.25, 0.3) is 11.8 Å². The van der Waals surface area contributed by atoms with Crippen LogP contribution in [0.15, 0.2) is 30.5 Å². The molecule has 1 heterocycles. The maximum absolute atomic E-state index is 11.9. The molecule has 0 unspecified atom stereocenters. The van der Waals surface area contributed by atoms with Crippen molar-refractivity contribution in [3.63, 3.8) is 0 Å². The Labute approximate surface area is 131 Å². The number of aromatic nitrogens is 1. The summed E-state index contributed by atoms with van der Waals surface area (Å²) in [7, 11) is 0. The number of hydrogen-bond acceptors (Lipinski definition) is 4. The van der Waals surface area contributed by atoms with Gasteiger partial charge in [0.15, 0.2) is 0 Å². The summed E-state index contributed by atoms with van der Waals surface area (Å²) in [6, 6.07) is 6.81. The van der Waals surface area contributed by atoms with Gasteiger partial charge in [0.2, 0.25) is 0 Å². The lowest BCUT2D eigenvalue weighted by molar-refractivity contribution is 0.0929. The molecule has 5 nitrogen and oxygen atoms in total. The monoisotopic (exact) mass is 323 g/mol. The van der Waals surface area contributed by atoms with Gasteiger partial charge >= 0.3 is 0 Å². The van der Waals surface area contributed by atoms with E-state index < -0.39 is 0 Å². The third-order valence-electron chi connectivity index (χ3n) is 2.66. The third-order valence-corrected chi connectivity index (χ3v) is 3.90. The Hall–Kier alpha value is -1.92. The fourth-order valence-corrected chi connectivity index (χ4v) is 2.56. The molecule has 0 aliphatic carbocycles. The van der Waals surface area contributed by atoms with Crippen molar-refractivity contribution in [2.45, 2.75) is 6.92 Å². The van der Waals surface area contributed by atoms with Gasteiger partial charge in [-0.25, -0.2) is 4.98 Å². The number of nitrogens with zero attached hydrogens (tertiary/aromatic N) is 1. The van der Waals surface area contributed by atoms with Crippen LogP contribution in [0.4, 0.5) is 0 Å². The Balaban J connectivity index is 1.76. The number of carbonyl (C=O) groups excluding carboxylic acids is 2. The lowest BCUT2D eigenvalue weighted by Crippen LogP contribution is -2.34. The molecule has 1 aromatic carbocycles. The quantitative estimate of drug-likeness (QED) is 0.829. The number of thiazole rings is 1. The van der Waals surface area contributed by atoms with E-state index in [1.165, 1.54) is 17.5 Å². The van der Waals surface area contributed by atoms with Crippen LogP contribution in [0.1, 0.15) is 25.0 Å². The zero-order chi connectivity index (χ0) is 15.2. The number of aryl methyl sites for hydroxylation is 1. The van der Waals surface area contributed by atoms with E-state index in [2.05, 4.69) is 15.6 Å². The highest BCUT2D eigenvalue weighted by Gasteiger charge is 2.10. The smallest absolute Gasteiger partial charge is 0.263 e. The summed E-state index contributed by atoms with van der Waals surface area (Å²) < 4.78 is 0. The van der Waals surface area contributed by atoms with Crippen LogP contribution in [0.5, 0.6) is 0 Å². The molecule has 0 atom stereocenters. The average molecular weight is 324 g/mol. The minimum Gasteiger partial charge on any atom is -0.350 e. The van der Waals surface area contributed by atoms with E-state index in [4.69, 9.17) is 11.6 Å². The summed E-state index contributed by atoms with van der Waals surface area (Å²) in [6.45, 7) is 2.50. The van der Waals surface area contributed by atoms with Gasteiger partial charge in [0.05, 0.1) is 21.8 Å². The van der Waals surface area contributed by atoms with Crippen molar-refractivity contribution in [1.29, 1.82) is 0 Å². The number of hydrogen-bond donors (Lipinski definition) is 2. The van der Waals surface area contributed by atoms with Gasteiger partial charge in [-0.05, 0) is 19.1 Å². The molecule has 7 heteroatoms. The fraction of sp³-hybridized carbons (Fsp3) is 0.214. The molecule has 110 valence electrons. The first-order chi connectivity index (χ1) is 10.1. The SMILES string of the molecule is Cc1ncc(C(=O)NCCNC(=O)c2ccccc2Cl)s1. The van der Waals surface area contributed by atoms with Crippen molar-refractivity contribution >= 4 is 34.8 Å². The van der Waals surface area contributed by atoms with E-state index in [0.717, 1.165) is 5.01 Å². The average Bonchev–Trinajstić information content (AvgIpc) is 2.90. The number of amides is 2. The number of benzene rings is 1. The van der Waals surface area contributed by atoms with Gasteiger partial charge in [0.1, 0.15) is 4.88 Å². The summed E-state index contributed by atoms with van der Waals surface area (Å²) in [5.41, 5.74) is 0.420. The largest absolute Gasteiger partial charge is 0.350 e. The lowest BCUT2D eigenvalue weighted by Gasteiger charge is -2.07. The third kappa shape index (κ3) is 4.27. The van der Waals surface area contributed by atoms with Crippen LogP contribution in [0.25, 0.3) is 0 Å². The molecular weight excluding hydrogens is 310 g/mol. The van der Waals surface area contributed by atoms with Gasteiger partial charge in [-0.2, -0.15) is 0 Å². The summed E-state index contributed by atoms with van der Waals surface area (Å²) >= 11 is 7.26. The maximum atomic E-state index is 11.9. The molecule has 21 heavy (non-hydrogen) atoms. The van der Waals surface area contributed by atoms with Gasteiger partial charge in [0, 0.05) is 13.1 Å². The molecule has 0 aliphatic rings. The van der Waals surface area contributed by atoms with Gasteiger partial charge in [-0.1, -0.05) is 23.7 Å². The van der Waals surface area contributed by atoms with Crippen LogP contribution < -0.4 is 10.6 Å². The van der Waals surface area contributed by atoms with E-state index in [0.29, 0.717) is 28.6 Å². The van der Waals surface area contributed by atoms with Crippen LogP contribution in [-0.2, 0) is 0 Å². The highest BCUT2D eigenvalue weighted by atomic mass is 35.5. The molecule has 0 aliphatic heterocycles. The molecule has 0 saturated heterocycles. The zero-order valence-electron chi connectivity index (χ0n) is 11.4. The van der Waals surface area contributed by atoms with E-state index in [1.807, 2.05) is 6.92 Å². The summed E-state index contributed by atoms with van der Waals surface area (Å²) in [4.78, 5) is 28.2. The van der Waals surface area contributed by atoms with Crippen molar-refractivity contribution in [1.82, 2.24) is 15.6 Å². The minimum absolute atomic E-state index is 0.187. The summed E-state index contributed by atoms with van der Waals surface area (Å²) in [6.07, 6.45) is 1.54. The van der Waals surface area contributed by atoms with Crippen LogP contribution >= 0.6 is 22.9 Å². The number of rotatable bonds is 5. The second-order valence-electron chi connectivity index (χ2n) is 4.24. The van der Waals surface area contributed by atoms with E-state index in [1.54, 1.807) is 24.3 Å². The maximum Gasteiger partial charge on any atom is 0.263 e. The molecule has 2 amide bonds. The number of halogens is 1. The van der Waals surface area contributed by atoms with E-state index >= 15 is 0 Å². The minimum atomic E-state index is -0.261. The normalized spacial score (nSPS) is 10.2. The molecular formula is C14H14ClN3O2S. The van der Waals surface area contributed by atoms with E-state index in [-0.39, 0.29) is 11.8 Å². The second-order valence-corrected chi connectivity index (χ2v) is 5.88. The Kier molecular flexibility index (Phi) is 5.30.